The van der Waals surface area contributed by atoms with Crippen molar-refractivity contribution in [2.75, 3.05) is 0 Å². The van der Waals surface area contributed by atoms with Crippen molar-refractivity contribution in [1.82, 2.24) is 0 Å². The highest BCUT2D eigenvalue weighted by atomic mass is 14.6. The van der Waals surface area contributed by atoms with Gasteiger partial charge in [0.2, 0.25) is 0 Å². The maximum absolute atomic E-state index is 5.48. The SMILES string of the molecule is C=CC(N)C=C(C)C. The van der Waals surface area contributed by atoms with Crippen molar-refractivity contribution in [3.8, 4) is 0 Å². The topological polar surface area (TPSA) is 26.0 Å². The molecule has 0 aliphatic heterocycles. The molecule has 0 fully saturated rings. The summed E-state index contributed by atoms with van der Waals surface area (Å²) < 4.78 is 0. The van der Waals surface area contributed by atoms with Crippen LogP contribution in [0.3, 0.4) is 0 Å². The van der Waals surface area contributed by atoms with Crippen molar-refractivity contribution in [3.05, 3.63) is 24.3 Å². The molecule has 1 unspecified atom stereocenters. The fourth-order valence-electron chi connectivity index (χ4n) is 0.453. The van der Waals surface area contributed by atoms with E-state index < -0.39 is 0 Å². The Morgan fingerprint density at radius 1 is 1.62 bits per heavy atom. The monoisotopic (exact) mass is 111 g/mol. The highest BCUT2D eigenvalue weighted by molar-refractivity contribution is 5.06. The molecule has 0 heterocycles. The normalized spacial score (nSPS) is 12.4. The van der Waals surface area contributed by atoms with Gasteiger partial charge in [0.05, 0.1) is 0 Å². The van der Waals surface area contributed by atoms with E-state index in [0.29, 0.717) is 0 Å². The predicted octanol–water partition coefficient (Wildman–Crippen LogP) is 1.47. The van der Waals surface area contributed by atoms with E-state index in [2.05, 4.69) is 6.58 Å². The van der Waals surface area contributed by atoms with Gasteiger partial charge in [-0.2, -0.15) is 0 Å². The zero-order valence-electron chi connectivity index (χ0n) is 5.52. The van der Waals surface area contributed by atoms with E-state index in [9.17, 15) is 0 Å². The largest absolute Gasteiger partial charge is 0.321 e. The highest BCUT2D eigenvalue weighted by Gasteiger charge is 1.85. The van der Waals surface area contributed by atoms with Gasteiger partial charge in [-0.05, 0) is 13.8 Å². The maximum atomic E-state index is 5.48. The van der Waals surface area contributed by atoms with Crippen molar-refractivity contribution in [1.29, 1.82) is 0 Å². The van der Waals surface area contributed by atoms with Crippen LogP contribution in [-0.4, -0.2) is 6.04 Å². The van der Waals surface area contributed by atoms with Crippen LogP contribution in [0.25, 0.3) is 0 Å². The first-order valence-electron chi connectivity index (χ1n) is 2.70. The van der Waals surface area contributed by atoms with Crippen molar-refractivity contribution < 1.29 is 0 Å². The van der Waals surface area contributed by atoms with Crippen molar-refractivity contribution in [2.45, 2.75) is 19.9 Å². The number of allylic oxidation sites excluding steroid dienone is 1. The molecule has 8 heavy (non-hydrogen) atoms. The molecule has 1 atom stereocenters. The van der Waals surface area contributed by atoms with E-state index >= 15 is 0 Å². The molecule has 0 rings (SSSR count). The van der Waals surface area contributed by atoms with Gasteiger partial charge in [0.15, 0.2) is 0 Å². The lowest BCUT2D eigenvalue weighted by Gasteiger charge is -1.96. The Labute approximate surface area is 50.9 Å². The molecular weight excluding hydrogens is 98.1 g/mol. The van der Waals surface area contributed by atoms with Gasteiger partial charge >= 0.3 is 0 Å². The Bertz CT molecular complexity index is 99.0. The van der Waals surface area contributed by atoms with E-state index in [1.165, 1.54) is 5.57 Å². The minimum atomic E-state index is 0.0278. The van der Waals surface area contributed by atoms with Crippen LogP contribution in [-0.2, 0) is 0 Å². The maximum Gasteiger partial charge on any atom is 0.0410 e. The molecule has 0 saturated carbocycles. The van der Waals surface area contributed by atoms with Crippen molar-refractivity contribution in [2.24, 2.45) is 5.73 Å². The van der Waals surface area contributed by atoms with Gasteiger partial charge in [0.1, 0.15) is 0 Å². The Morgan fingerprint density at radius 3 is 2.25 bits per heavy atom. The first kappa shape index (κ1) is 7.44. The summed E-state index contributed by atoms with van der Waals surface area (Å²) in [6, 6.07) is 0.0278. The average molecular weight is 111 g/mol. The first-order chi connectivity index (χ1) is 3.66. The minimum Gasteiger partial charge on any atom is -0.321 e. The second-order valence-electron chi connectivity index (χ2n) is 2.06. The quantitative estimate of drug-likeness (QED) is 0.536. The van der Waals surface area contributed by atoms with E-state index in [4.69, 9.17) is 5.73 Å². The van der Waals surface area contributed by atoms with Crippen molar-refractivity contribution in [3.63, 3.8) is 0 Å². The summed E-state index contributed by atoms with van der Waals surface area (Å²) in [4.78, 5) is 0. The third kappa shape index (κ3) is 3.62. The summed E-state index contributed by atoms with van der Waals surface area (Å²) in [6.07, 6.45) is 3.68. The summed E-state index contributed by atoms with van der Waals surface area (Å²) in [5.74, 6) is 0. The van der Waals surface area contributed by atoms with Crippen LogP contribution >= 0.6 is 0 Å². The fraction of sp³-hybridized carbons (Fsp3) is 0.429. The van der Waals surface area contributed by atoms with Gasteiger partial charge in [0, 0.05) is 6.04 Å². The Kier molecular flexibility index (Phi) is 3.20. The minimum absolute atomic E-state index is 0.0278. The summed E-state index contributed by atoms with van der Waals surface area (Å²) in [7, 11) is 0. The molecule has 1 heteroatoms. The Balaban J connectivity index is 3.68. The highest BCUT2D eigenvalue weighted by Crippen LogP contribution is 1.91. The summed E-state index contributed by atoms with van der Waals surface area (Å²) in [5.41, 5.74) is 6.71. The lowest BCUT2D eigenvalue weighted by Crippen LogP contribution is -2.12. The van der Waals surface area contributed by atoms with Crippen LogP contribution in [0.5, 0.6) is 0 Å². The van der Waals surface area contributed by atoms with E-state index in [-0.39, 0.29) is 6.04 Å². The van der Waals surface area contributed by atoms with Crippen LogP contribution in [0.4, 0.5) is 0 Å². The number of nitrogens with two attached hydrogens (primary N) is 1. The van der Waals surface area contributed by atoms with E-state index in [0.717, 1.165) is 0 Å². The van der Waals surface area contributed by atoms with Gasteiger partial charge < -0.3 is 5.73 Å². The molecule has 0 spiro atoms. The molecule has 2 N–H and O–H groups in total. The number of hydrogen-bond donors (Lipinski definition) is 1. The zero-order valence-corrected chi connectivity index (χ0v) is 5.52. The first-order valence-corrected chi connectivity index (χ1v) is 2.70. The Morgan fingerprint density at radius 2 is 2.12 bits per heavy atom. The Hall–Kier alpha value is -0.560. The summed E-state index contributed by atoms with van der Waals surface area (Å²) in [5, 5.41) is 0. The lowest BCUT2D eigenvalue weighted by atomic mass is 10.2. The molecule has 46 valence electrons. The van der Waals surface area contributed by atoms with Crippen LogP contribution in [0.15, 0.2) is 24.3 Å². The molecule has 0 aromatic rings. The molecule has 0 amide bonds. The second kappa shape index (κ2) is 3.44. The van der Waals surface area contributed by atoms with Gasteiger partial charge in [-0.25, -0.2) is 0 Å². The molecular formula is C7H13N. The molecule has 0 aliphatic carbocycles. The van der Waals surface area contributed by atoms with E-state index in [1.807, 2.05) is 19.9 Å². The molecule has 0 saturated heterocycles. The summed E-state index contributed by atoms with van der Waals surface area (Å²) in [6.45, 7) is 7.58. The molecule has 1 nitrogen and oxygen atoms in total. The van der Waals surface area contributed by atoms with Crippen LogP contribution in [0, 0.1) is 0 Å². The number of rotatable bonds is 2. The van der Waals surface area contributed by atoms with Crippen molar-refractivity contribution >= 4 is 0 Å². The second-order valence-corrected chi connectivity index (χ2v) is 2.06. The smallest absolute Gasteiger partial charge is 0.0410 e. The van der Waals surface area contributed by atoms with Gasteiger partial charge in [-0.1, -0.05) is 17.7 Å². The van der Waals surface area contributed by atoms with Crippen LogP contribution in [0.2, 0.25) is 0 Å². The predicted molar refractivity (Wildman–Crippen MR) is 37.6 cm³/mol. The molecule has 0 aliphatic rings. The molecule has 0 bridgehead atoms. The fourth-order valence-corrected chi connectivity index (χ4v) is 0.453. The van der Waals surface area contributed by atoms with Gasteiger partial charge in [-0.15, -0.1) is 6.58 Å². The van der Waals surface area contributed by atoms with Crippen LogP contribution < -0.4 is 5.73 Å². The third-order valence-electron chi connectivity index (χ3n) is 0.798. The summed E-state index contributed by atoms with van der Waals surface area (Å²) >= 11 is 0. The molecule has 0 aromatic carbocycles. The molecule has 0 aromatic heterocycles. The third-order valence-corrected chi connectivity index (χ3v) is 0.798. The van der Waals surface area contributed by atoms with Gasteiger partial charge in [0.25, 0.3) is 0 Å². The zero-order chi connectivity index (χ0) is 6.57. The standard InChI is InChI=1S/C7H13N/c1-4-7(8)5-6(2)3/h4-5,7H,1,8H2,2-3H3. The van der Waals surface area contributed by atoms with Crippen LogP contribution in [0.1, 0.15) is 13.8 Å². The number of hydrogen-bond acceptors (Lipinski definition) is 1. The van der Waals surface area contributed by atoms with Gasteiger partial charge in [-0.3, -0.25) is 0 Å². The average Bonchev–Trinajstić information content (AvgIpc) is 1.65. The molecule has 0 radical (unpaired) electrons. The van der Waals surface area contributed by atoms with E-state index in [1.54, 1.807) is 6.08 Å². The lowest BCUT2D eigenvalue weighted by molar-refractivity contribution is 1.01.